The molecule has 0 aliphatic carbocycles. The molecule has 0 saturated heterocycles. The Hall–Kier alpha value is -3.19. The van der Waals surface area contributed by atoms with Gasteiger partial charge in [0.05, 0.1) is 4.90 Å². The van der Waals surface area contributed by atoms with Gasteiger partial charge in [-0.1, -0.05) is 36.4 Å². The Morgan fingerprint density at radius 1 is 1.15 bits per heavy atom. The molecular formula is C20H16N2O4S. The average molecular weight is 380 g/mol. The molecule has 3 aromatic rings. The number of anilines is 1. The quantitative estimate of drug-likeness (QED) is 0.703. The molecule has 27 heavy (non-hydrogen) atoms. The highest BCUT2D eigenvalue weighted by Gasteiger charge is 2.33. The third kappa shape index (κ3) is 3.06. The number of carboxylic acids is 1. The topological polar surface area (TPSA) is 87.6 Å². The van der Waals surface area contributed by atoms with Crippen molar-refractivity contribution >= 4 is 38.7 Å². The van der Waals surface area contributed by atoms with Crippen LogP contribution in [-0.4, -0.2) is 31.0 Å². The first-order valence-corrected chi connectivity index (χ1v) is 9.81. The molecule has 4 rings (SSSR count). The molecule has 0 spiro atoms. The Morgan fingerprint density at radius 2 is 1.93 bits per heavy atom. The van der Waals surface area contributed by atoms with Crippen molar-refractivity contribution < 1.29 is 18.3 Å². The van der Waals surface area contributed by atoms with Crippen molar-refractivity contribution in [3.63, 3.8) is 0 Å². The van der Waals surface area contributed by atoms with Gasteiger partial charge in [-0.3, -0.25) is 0 Å². The zero-order valence-electron chi connectivity index (χ0n) is 14.2. The third-order valence-electron chi connectivity index (χ3n) is 4.52. The number of benzene rings is 2. The van der Waals surface area contributed by atoms with E-state index in [4.69, 9.17) is 5.11 Å². The molecule has 0 saturated carbocycles. The standard InChI is InChI=1S/C20H16N2O4S/c23-19(24)9-8-14-12-16-10-11-22(20(16)21-13-14)27(25,26)18-7-3-5-15-4-1-2-6-17(15)18/h1-9,12-13H,10-11H2,(H,23,24). The number of nitrogens with zero attached hydrogens (tertiary/aromatic N) is 2. The fraction of sp³-hybridized carbons (Fsp3) is 0.100. The highest BCUT2D eigenvalue weighted by Crippen LogP contribution is 2.34. The van der Waals surface area contributed by atoms with Gasteiger partial charge in [0, 0.05) is 24.2 Å². The molecule has 2 aromatic carbocycles. The molecule has 6 nitrogen and oxygen atoms in total. The van der Waals surface area contributed by atoms with Gasteiger partial charge in [0.2, 0.25) is 0 Å². The van der Waals surface area contributed by atoms with Gasteiger partial charge in [-0.2, -0.15) is 0 Å². The van der Waals surface area contributed by atoms with E-state index in [2.05, 4.69) is 4.98 Å². The molecule has 1 aliphatic heterocycles. The summed E-state index contributed by atoms with van der Waals surface area (Å²) < 4.78 is 27.9. The van der Waals surface area contributed by atoms with Crippen molar-refractivity contribution in [1.29, 1.82) is 0 Å². The summed E-state index contributed by atoms with van der Waals surface area (Å²) in [6.07, 6.45) is 4.48. The van der Waals surface area contributed by atoms with Crippen molar-refractivity contribution in [1.82, 2.24) is 4.98 Å². The molecule has 2 heterocycles. The van der Waals surface area contributed by atoms with Gasteiger partial charge in [0.15, 0.2) is 0 Å². The van der Waals surface area contributed by atoms with Gasteiger partial charge in [-0.25, -0.2) is 22.5 Å². The zero-order valence-corrected chi connectivity index (χ0v) is 15.1. The Bertz CT molecular complexity index is 1180. The second-order valence-corrected chi connectivity index (χ2v) is 8.06. The van der Waals surface area contributed by atoms with E-state index in [1.54, 1.807) is 24.3 Å². The molecule has 0 atom stereocenters. The van der Waals surface area contributed by atoms with E-state index >= 15 is 0 Å². The summed E-state index contributed by atoms with van der Waals surface area (Å²) in [6, 6.07) is 14.4. The van der Waals surface area contributed by atoms with Gasteiger partial charge in [-0.05, 0) is 41.1 Å². The van der Waals surface area contributed by atoms with Gasteiger partial charge >= 0.3 is 5.97 Å². The molecule has 136 valence electrons. The Labute approximate surface area is 156 Å². The van der Waals surface area contributed by atoms with Crippen LogP contribution in [0.4, 0.5) is 5.82 Å². The number of pyridine rings is 1. The SMILES string of the molecule is O=C(O)C=Cc1cnc2c(c1)CCN2S(=O)(=O)c1cccc2ccccc12. The van der Waals surface area contributed by atoms with E-state index < -0.39 is 16.0 Å². The summed E-state index contributed by atoms with van der Waals surface area (Å²) in [5.74, 6) is -0.647. The van der Waals surface area contributed by atoms with Crippen molar-refractivity contribution in [2.75, 3.05) is 10.8 Å². The first-order valence-electron chi connectivity index (χ1n) is 8.37. The Kier molecular flexibility index (Phi) is 4.16. The number of carboxylic acid groups (broad SMARTS) is 1. The molecule has 1 aliphatic rings. The largest absolute Gasteiger partial charge is 0.478 e. The number of fused-ring (bicyclic) bond motifs is 2. The molecule has 1 aromatic heterocycles. The lowest BCUT2D eigenvalue weighted by Crippen LogP contribution is -2.29. The van der Waals surface area contributed by atoms with Crippen molar-refractivity contribution in [3.05, 3.63) is 71.9 Å². The summed E-state index contributed by atoms with van der Waals surface area (Å²) in [6.45, 7) is 0.306. The minimum Gasteiger partial charge on any atom is -0.478 e. The molecule has 0 radical (unpaired) electrons. The highest BCUT2D eigenvalue weighted by molar-refractivity contribution is 7.93. The van der Waals surface area contributed by atoms with Crippen LogP contribution in [0.25, 0.3) is 16.8 Å². The fourth-order valence-corrected chi connectivity index (χ4v) is 4.97. The lowest BCUT2D eigenvalue weighted by Gasteiger charge is -2.19. The minimum absolute atomic E-state index is 0.255. The maximum Gasteiger partial charge on any atom is 0.328 e. The number of aliphatic carboxylic acids is 1. The predicted molar refractivity (Wildman–Crippen MR) is 103 cm³/mol. The van der Waals surface area contributed by atoms with Crippen LogP contribution >= 0.6 is 0 Å². The summed E-state index contributed by atoms with van der Waals surface area (Å²) in [5, 5.41) is 10.3. The van der Waals surface area contributed by atoms with Crippen molar-refractivity contribution in [2.45, 2.75) is 11.3 Å². The zero-order chi connectivity index (χ0) is 19.0. The number of rotatable bonds is 4. The molecule has 0 bridgehead atoms. The van der Waals surface area contributed by atoms with Crippen LogP contribution in [0, 0.1) is 0 Å². The summed E-state index contributed by atoms with van der Waals surface area (Å²) in [5.41, 5.74) is 1.41. The van der Waals surface area contributed by atoms with E-state index in [1.807, 2.05) is 24.3 Å². The van der Waals surface area contributed by atoms with Gasteiger partial charge < -0.3 is 5.11 Å². The highest BCUT2D eigenvalue weighted by atomic mass is 32.2. The number of sulfonamides is 1. The third-order valence-corrected chi connectivity index (χ3v) is 6.37. The number of hydrogen-bond donors (Lipinski definition) is 1. The van der Waals surface area contributed by atoms with Crippen LogP contribution in [0.15, 0.2) is 65.7 Å². The minimum atomic E-state index is -3.76. The number of hydrogen-bond acceptors (Lipinski definition) is 4. The van der Waals surface area contributed by atoms with Crippen LogP contribution in [0.3, 0.4) is 0 Å². The van der Waals surface area contributed by atoms with E-state index in [-0.39, 0.29) is 4.90 Å². The summed E-state index contributed by atoms with van der Waals surface area (Å²) in [4.78, 5) is 15.2. The second-order valence-electron chi connectivity index (χ2n) is 6.23. The number of aromatic nitrogens is 1. The molecule has 0 unspecified atom stereocenters. The first-order chi connectivity index (χ1) is 13.0. The lowest BCUT2D eigenvalue weighted by atomic mass is 10.1. The molecule has 0 amide bonds. The maximum atomic E-state index is 13.3. The van der Waals surface area contributed by atoms with Crippen LogP contribution < -0.4 is 4.31 Å². The Morgan fingerprint density at radius 3 is 2.74 bits per heavy atom. The second kappa shape index (κ2) is 6.51. The average Bonchev–Trinajstić information content (AvgIpc) is 3.10. The van der Waals surface area contributed by atoms with Crippen LogP contribution in [0.2, 0.25) is 0 Å². The molecule has 0 fully saturated rings. The lowest BCUT2D eigenvalue weighted by molar-refractivity contribution is -0.131. The maximum absolute atomic E-state index is 13.3. The monoisotopic (exact) mass is 380 g/mol. The van der Waals surface area contributed by atoms with Crippen LogP contribution in [0.1, 0.15) is 11.1 Å². The van der Waals surface area contributed by atoms with Crippen molar-refractivity contribution in [2.24, 2.45) is 0 Å². The normalized spacial score (nSPS) is 14.0. The van der Waals surface area contributed by atoms with Gasteiger partial charge in [0.25, 0.3) is 10.0 Å². The van der Waals surface area contributed by atoms with E-state index in [1.165, 1.54) is 16.6 Å². The molecule has 7 heteroatoms. The van der Waals surface area contributed by atoms with Crippen molar-refractivity contribution in [3.8, 4) is 0 Å². The van der Waals surface area contributed by atoms with Gasteiger partial charge in [0.1, 0.15) is 5.82 Å². The summed E-state index contributed by atoms with van der Waals surface area (Å²) in [7, 11) is -3.76. The predicted octanol–water partition coefficient (Wildman–Crippen LogP) is 3.08. The Balaban J connectivity index is 1.76. The number of carbonyl (C=O) groups is 1. The van der Waals surface area contributed by atoms with Crippen LogP contribution in [-0.2, 0) is 21.2 Å². The molecular weight excluding hydrogens is 364 g/mol. The van der Waals surface area contributed by atoms with E-state index in [0.29, 0.717) is 29.7 Å². The van der Waals surface area contributed by atoms with Crippen LogP contribution in [0.5, 0.6) is 0 Å². The first kappa shape index (κ1) is 17.2. The fourth-order valence-electron chi connectivity index (χ4n) is 3.29. The van der Waals surface area contributed by atoms with E-state index in [9.17, 15) is 13.2 Å². The van der Waals surface area contributed by atoms with Gasteiger partial charge in [-0.15, -0.1) is 0 Å². The smallest absolute Gasteiger partial charge is 0.328 e. The summed E-state index contributed by atoms with van der Waals surface area (Å²) >= 11 is 0. The van der Waals surface area contributed by atoms with E-state index in [0.717, 1.165) is 17.0 Å². The molecule has 1 N–H and O–H groups in total.